The van der Waals surface area contributed by atoms with Gasteiger partial charge in [-0.3, -0.25) is 24.6 Å². The molecule has 0 bridgehead atoms. The molecule has 3 aliphatic rings. The summed E-state index contributed by atoms with van der Waals surface area (Å²) in [5, 5.41) is 12.0. The van der Waals surface area contributed by atoms with Gasteiger partial charge in [0.05, 0.1) is 18.2 Å². The largest absolute Gasteiger partial charge is 0.489 e. The number of carbonyl (C=O) groups is 3. The summed E-state index contributed by atoms with van der Waals surface area (Å²) in [7, 11) is 0. The van der Waals surface area contributed by atoms with Gasteiger partial charge in [-0.1, -0.05) is 24.3 Å². The van der Waals surface area contributed by atoms with Crippen molar-refractivity contribution in [3.63, 3.8) is 0 Å². The molecule has 3 aromatic rings. The second-order valence-corrected chi connectivity index (χ2v) is 14.6. The average molecular weight is 698 g/mol. The van der Waals surface area contributed by atoms with E-state index in [1.165, 1.54) is 11.3 Å². The van der Waals surface area contributed by atoms with Gasteiger partial charge in [-0.2, -0.15) is 29.7 Å². The Hall–Kier alpha value is -3.98. The number of nitrogens with one attached hydrogen (secondary N) is 1. The zero-order chi connectivity index (χ0) is 34.5. The fourth-order valence-electron chi connectivity index (χ4n) is 7.01. The van der Waals surface area contributed by atoms with Gasteiger partial charge in [0.25, 0.3) is 5.91 Å². The lowest BCUT2D eigenvalue weighted by Crippen LogP contribution is -2.52. The molecule has 3 heterocycles. The molecule has 0 aliphatic carbocycles. The highest BCUT2D eigenvalue weighted by molar-refractivity contribution is 7.99. The SMILES string of the molecule is Cc1cc(C(C)N2CCN(c3ccc(C#N)c(CCSCCS)c3)CC2)ccc1COc1cccc2c1CN([C@H]1CCC(=O)NC1=O)C2=O. The van der Waals surface area contributed by atoms with Crippen LogP contribution in [0.4, 0.5) is 5.69 Å². The Balaban J connectivity index is 1.05. The molecule has 6 rings (SSSR count). The molecule has 0 saturated carbocycles. The van der Waals surface area contributed by atoms with E-state index in [0.717, 1.165) is 77.7 Å². The van der Waals surface area contributed by atoms with Crippen molar-refractivity contribution in [2.24, 2.45) is 0 Å². The van der Waals surface area contributed by atoms with Gasteiger partial charge in [-0.15, -0.1) is 0 Å². The molecule has 49 heavy (non-hydrogen) atoms. The van der Waals surface area contributed by atoms with Crippen LogP contribution in [0.3, 0.4) is 0 Å². The van der Waals surface area contributed by atoms with Crippen LogP contribution in [0.1, 0.15) is 69.5 Å². The first-order valence-electron chi connectivity index (χ1n) is 17.0. The maximum absolute atomic E-state index is 13.2. The summed E-state index contributed by atoms with van der Waals surface area (Å²) in [4.78, 5) is 43.8. The van der Waals surface area contributed by atoms with Crippen LogP contribution in [0, 0.1) is 18.3 Å². The molecule has 2 atom stereocenters. The minimum absolute atomic E-state index is 0.207. The lowest BCUT2D eigenvalue weighted by molar-refractivity contribution is -0.136. The van der Waals surface area contributed by atoms with Crippen molar-refractivity contribution in [3.8, 4) is 11.8 Å². The Morgan fingerprint density at radius 2 is 1.86 bits per heavy atom. The predicted molar refractivity (Wildman–Crippen MR) is 196 cm³/mol. The standard InChI is InChI=1S/C38H43N5O4S2/c1-25-20-27(26(2)41-13-15-42(16-14-41)31-9-8-29(22-39)28(21-31)12-18-49-19-17-48)6-7-30(25)24-47-35-5-3-4-32-33(35)23-43(38(32)46)34-10-11-36(44)40-37(34)45/h3-9,20-21,26,34,48H,10-19,23-24H2,1-2H3,(H,40,44,45)/t26?,34-/m0/s1. The molecule has 1 N–H and O–H groups in total. The minimum atomic E-state index is -0.656. The monoisotopic (exact) mass is 697 g/mol. The van der Waals surface area contributed by atoms with Crippen LogP contribution in [-0.2, 0) is 29.2 Å². The first-order valence-corrected chi connectivity index (χ1v) is 18.8. The molecule has 0 radical (unpaired) electrons. The predicted octanol–water partition coefficient (Wildman–Crippen LogP) is 5.30. The summed E-state index contributed by atoms with van der Waals surface area (Å²) >= 11 is 6.18. The number of hydrogen-bond donors (Lipinski definition) is 2. The summed E-state index contributed by atoms with van der Waals surface area (Å²) in [6, 6.07) is 20.2. The minimum Gasteiger partial charge on any atom is -0.489 e. The maximum atomic E-state index is 13.2. The number of amides is 3. The number of thiol groups is 1. The van der Waals surface area contributed by atoms with E-state index in [0.29, 0.717) is 24.3 Å². The van der Waals surface area contributed by atoms with Crippen LogP contribution in [0.15, 0.2) is 54.6 Å². The van der Waals surface area contributed by atoms with E-state index < -0.39 is 11.9 Å². The van der Waals surface area contributed by atoms with Crippen molar-refractivity contribution in [3.05, 3.63) is 93.5 Å². The number of carbonyl (C=O) groups excluding carboxylic acids is 3. The number of aryl methyl sites for hydroxylation is 2. The molecule has 256 valence electrons. The van der Waals surface area contributed by atoms with Crippen molar-refractivity contribution >= 4 is 47.8 Å². The van der Waals surface area contributed by atoms with Gasteiger partial charge in [0.2, 0.25) is 11.8 Å². The third kappa shape index (κ3) is 7.77. The molecule has 3 aliphatic heterocycles. The molecule has 9 nitrogen and oxygen atoms in total. The normalized spacial score (nSPS) is 18.7. The van der Waals surface area contributed by atoms with Gasteiger partial charge >= 0.3 is 0 Å². The summed E-state index contributed by atoms with van der Waals surface area (Å²) in [5.74, 6) is 2.60. The summed E-state index contributed by atoms with van der Waals surface area (Å²) < 4.78 is 6.30. The fourth-order valence-corrected chi connectivity index (χ4v) is 8.09. The first kappa shape index (κ1) is 34.9. The number of fused-ring (bicyclic) bond motifs is 1. The zero-order valence-electron chi connectivity index (χ0n) is 28.1. The van der Waals surface area contributed by atoms with Crippen LogP contribution in [-0.4, -0.2) is 77.0 Å². The molecule has 3 amide bonds. The number of piperidine rings is 1. The molecule has 1 unspecified atom stereocenters. The van der Waals surface area contributed by atoms with E-state index in [9.17, 15) is 19.6 Å². The van der Waals surface area contributed by atoms with E-state index >= 15 is 0 Å². The number of anilines is 1. The van der Waals surface area contributed by atoms with Crippen LogP contribution in [0.2, 0.25) is 0 Å². The Morgan fingerprint density at radius 1 is 1.04 bits per heavy atom. The molecular weight excluding hydrogens is 655 g/mol. The van der Waals surface area contributed by atoms with Crippen molar-refractivity contribution in [1.82, 2.24) is 15.1 Å². The number of benzene rings is 3. The van der Waals surface area contributed by atoms with Crippen LogP contribution in [0.25, 0.3) is 0 Å². The number of nitriles is 1. The van der Waals surface area contributed by atoms with E-state index in [1.807, 2.05) is 30.0 Å². The van der Waals surface area contributed by atoms with Crippen molar-refractivity contribution in [2.45, 2.75) is 58.3 Å². The van der Waals surface area contributed by atoms with Crippen molar-refractivity contribution in [2.75, 3.05) is 48.3 Å². The highest BCUT2D eigenvalue weighted by atomic mass is 32.2. The van der Waals surface area contributed by atoms with Crippen LogP contribution in [0.5, 0.6) is 5.75 Å². The van der Waals surface area contributed by atoms with Crippen LogP contribution < -0.4 is 15.0 Å². The number of rotatable bonds is 12. The number of thioether (sulfide) groups is 1. The van der Waals surface area contributed by atoms with Crippen molar-refractivity contribution in [1.29, 1.82) is 5.26 Å². The van der Waals surface area contributed by atoms with E-state index in [1.54, 1.807) is 11.0 Å². The quantitative estimate of drug-likeness (QED) is 0.149. The van der Waals surface area contributed by atoms with E-state index in [4.69, 9.17) is 4.74 Å². The van der Waals surface area contributed by atoms with E-state index in [2.05, 4.69) is 78.0 Å². The topological polar surface area (TPSA) is 106 Å². The van der Waals surface area contributed by atoms with Crippen LogP contribution >= 0.6 is 24.4 Å². The van der Waals surface area contributed by atoms with Gasteiger partial charge in [-0.05, 0) is 90.8 Å². The molecule has 2 fully saturated rings. The molecule has 0 aromatic heterocycles. The highest BCUT2D eigenvalue weighted by Gasteiger charge is 2.40. The first-order chi connectivity index (χ1) is 23.8. The van der Waals surface area contributed by atoms with Gasteiger partial charge < -0.3 is 14.5 Å². The summed E-state index contributed by atoms with van der Waals surface area (Å²) in [6.45, 7) is 8.78. The maximum Gasteiger partial charge on any atom is 0.255 e. The third-order valence-corrected chi connectivity index (χ3v) is 11.5. The smallest absolute Gasteiger partial charge is 0.255 e. The third-order valence-electron chi connectivity index (χ3n) is 9.96. The zero-order valence-corrected chi connectivity index (χ0v) is 29.8. The molecule has 2 saturated heterocycles. The Bertz CT molecular complexity index is 1770. The molecule has 3 aromatic carbocycles. The average Bonchev–Trinajstić information content (AvgIpc) is 3.45. The van der Waals surface area contributed by atoms with Gasteiger partial charge in [-0.25, -0.2) is 0 Å². The molecular formula is C38H43N5O4S2. The second-order valence-electron chi connectivity index (χ2n) is 12.9. The number of ether oxygens (including phenoxy) is 1. The van der Waals surface area contributed by atoms with E-state index in [-0.39, 0.29) is 30.8 Å². The number of imide groups is 1. The number of nitrogens with zero attached hydrogens (tertiary/aromatic N) is 4. The van der Waals surface area contributed by atoms with Gasteiger partial charge in [0.1, 0.15) is 18.4 Å². The number of hydrogen-bond acceptors (Lipinski definition) is 9. The van der Waals surface area contributed by atoms with Gasteiger partial charge in [0, 0.05) is 61.2 Å². The Morgan fingerprint density at radius 3 is 2.59 bits per heavy atom. The van der Waals surface area contributed by atoms with Gasteiger partial charge in [0.15, 0.2) is 0 Å². The molecule has 11 heteroatoms. The second kappa shape index (κ2) is 15.7. The summed E-state index contributed by atoms with van der Waals surface area (Å²) in [5.41, 5.74) is 7.89. The lowest BCUT2D eigenvalue weighted by atomic mass is 10.00. The highest BCUT2D eigenvalue weighted by Crippen LogP contribution is 2.34. The van der Waals surface area contributed by atoms with Crippen molar-refractivity contribution < 1.29 is 19.1 Å². The Kier molecular flexibility index (Phi) is 11.2. The fraction of sp³-hybridized carbons (Fsp3) is 0.421. The lowest BCUT2D eigenvalue weighted by Gasteiger charge is -2.39. The Labute approximate surface area is 298 Å². The summed E-state index contributed by atoms with van der Waals surface area (Å²) in [6.07, 6.45) is 1.44. The number of piperazine rings is 1. The molecule has 0 spiro atoms.